The lowest BCUT2D eigenvalue weighted by atomic mass is 10.1. The first-order valence-electron chi connectivity index (χ1n) is 5.69. The number of thiophene rings is 1. The highest BCUT2D eigenvalue weighted by Gasteiger charge is 2.03. The van der Waals surface area contributed by atoms with Crippen molar-refractivity contribution in [3.05, 3.63) is 56.7 Å². The minimum absolute atomic E-state index is 1.03. The lowest BCUT2D eigenvalue weighted by Gasteiger charge is -2.15. The van der Waals surface area contributed by atoms with Crippen LogP contribution in [0.25, 0.3) is 0 Å². The van der Waals surface area contributed by atoms with Crippen molar-refractivity contribution in [1.29, 1.82) is 0 Å². The number of likely N-dealkylation sites (N-methyl/N-ethyl adjacent to an activating group) is 1. The van der Waals surface area contributed by atoms with Crippen LogP contribution in [-0.2, 0) is 13.0 Å². The van der Waals surface area contributed by atoms with Gasteiger partial charge in [-0.25, -0.2) is 0 Å². The molecule has 0 N–H and O–H groups in total. The Hall–Kier alpha value is -0.640. The molecule has 1 heterocycles. The largest absolute Gasteiger partial charge is 0.301 e. The third-order valence-corrected chi connectivity index (χ3v) is 4.35. The molecule has 0 amide bonds. The molecule has 0 aliphatic heterocycles. The molecular formula is C14H16BrNS. The van der Waals surface area contributed by atoms with E-state index >= 15 is 0 Å². The van der Waals surface area contributed by atoms with Gasteiger partial charge in [-0.3, -0.25) is 0 Å². The zero-order valence-electron chi connectivity index (χ0n) is 9.90. The molecule has 0 bridgehead atoms. The summed E-state index contributed by atoms with van der Waals surface area (Å²) in [6.07, 6.45) is 1.11. The van der Waals surface area contributed by atoms with Crippen molar-refractivity contribution in [3.63, 3.8) is 0 Å². The molecule has 2 rings (SSSR count). The van der Waals surface area contributed by atoms with Crippen molar-refractivity contribution in [2.75, 3.05) is 13.6 Å². The normalized spacial score (nSPS) is 11.0. The second kappa shape index (κ2) is 6.34. The van der Waals surface area contributed by atoms with Crippen LogP contribution in [0.3, 0.4) is 0 Å². The first kappa shape index (κ1) is 12.8. The highest BCUT2D eigenvalue weighted by Crippen LogP contribution is 2.20. The van der Waals surface area contributed by atoms with Crippen LogP contribution in [0.4, 0.5) is 0 Å². The van der Waals surface area contributed by atoms with E-state index in [2.05, 4.69) is 69.7 Å². The number of hydrogen-bond acceptors (Lipinski definition) is 2. The molecule has 3 heteroatoms. The van der Waals surface area contributed by atoms with E-state index in [1.165, 1.54) is 14.9 Å². The maximum atomic E-state index is 3.49. The summed E-state index contributed by atoms with van der Waals surface area (Å²) >= 11 is 5.30. The summed E-state index contributed by atoms with van der Waals surface area (Å²) < 4.78 is 1.19. The standard InChI is InChI=1S/C14H16BrNS/c1-16(10-14-9-13(15)11-17-14)8-7-12-5-3-2-4-6-12/h2-6,9,11H,7-8,10H2,1H3. The molecule has 0 saturated heterocycles. The first-order valence-corrected chi connectivity index (χ1v) is 7.36. The van der Waals surface area contributed by atoms with E-state index in [-0.39, 0.29) is 0 Å². The molecule has 1 aromatic heterocycles. The van der Waals surface area contributed by atoms with Crippen LogP contribution in [0.15, 0.2) is 46.3 Å². The summed E-state index contributed by atoms with van der Waals surface area (Å²) in [6, 6.07) is 12.8. The van der Waals surface area contributed by atoms with Crippen LogP contribution < -0.4 is 0 Å². The van der Waals surface area contributed by atoms with Gasteiger partial charge in [0.1, 0.15) is 0 Å². The third-order valence-electron chi connectivity index (χ3n) is 2.67. The summed E-state index contributed by atoms with van der Waals surface area (Å²) in [5.74, 6) is 0. The molecule has 1 aromatic carbocycles. The van der Waals surface area contributed by atoms with Crippen LogP contribution >= 0.6 is 27.3 Å². The highest BCUT2D eigenvalue weighted by atomic mass is 79.9. The Labute approximate surface area is 115 Å². The minimum atomic E-state index is 1.03. The number of halogens is 1. The topological polar surface area (TPSA) is 3.24 Å². The average molecular weight is 310 g/mol. The number of benzene rings is 1. The van der Waals surface area contributed by atoms with Gasteiger partial charge in [-0.2, -0.15) is 0 Å². The quantitative estimate of drug-likeness (QED) is 0.800. The SMILES string of the molecule is CN(CCc1ccccc1)Cc1cc(Br)cs1. The van der Waals surface area contributed by atoms with E-state index in [0.717, 1.165) is 19.5 Å². The summed E-state index contributed by atoms with van der Waals surface area (Å²) in [4.78, 5) is 3.78. The van der Waals surface area contributed by atoms with Gasteiger partial charge in [0, 0.05) is 27.8 Å². The van der Waals surface area contributed by atoms with E-state index in [0.29, 0.717) is 0 Å². The van der Waals surface area contributed by atoms with E-state index < -0.39 is 0 Å². The molecule has 0 aliphatic carbocycles. The summed E-state index contributed by atoms with van der Waals surface area (Å²) in [6.45, 7) is 2.13. The molecule has 0 radical (unpaired) electrons. The van der Waals surface area contributed by atoms with E-state index in [1.807, 2.05) is 11.3 Å². The summed E-state index contributed by atoms with van der Waals surface area (Å²) in [7, 11) is 2.18. The van der Waals surface area contributed by atoms with Crippen LogP contribution in [0.2, 0.25) is 0 Å². The van der Waals surface area contributed by atoms with E-state index in [9.17, 15) is 0 Å². The van der Waals surface area contributed by atoms with Gasteiger partial charge in [-0.1, -0.05) is 30.3 Å². The average Bonchev–Trinajstić information content (AvgIpc) is 2.73. The molecule has 0 spiro atoms. The molecule has 17 heavy (non-hydrogen) atoms. The van der Waals surface area contributed by atoms with Crippen molar-refractivity contribution in [2.45, 2.75) is 13.0 Å². The monoisotopic (exact) mass is 309 g/mol. The van der Waals surface area contributed by atoms with Crippen LogP contribution in [0.5, 0.6) is 0 Å². The fraction of sp³-hybridized carbons (Fsp3) is 0.286. The maximum absolute atomic E-state index is 3.49. The Kier molecular flexibility index (Phi) is 4.77. The number of rotatable bonds is 5. The summed E-state index contributed by atoms with van der Waals surface area (Å²) in [5.41, 5.74) is 1.41. The molecule has 0 saturated carbocycles. The Morgan fingerprint density at radius 3 is 2.65 bits per heavy atom. The third kappa shape index (κ3) is 4.26. The zero-order chi connectivity index (χ0) is 12.1. The molecule has 0 unspecified atom stereocenters. The van der Waals surface area contributed by atoms with Crippen LogP contribution in [0, 0.1) is 0 Å². The molecular weight excluding hydrogens is 294 g/mol. The predicted molar refractivity (Wildman–Crippen MR) is 78.5 cm³/mol. The number of hydrogen-bond donors (Lipinski definition) is 0. The second-order valence-electron chi connectivity index (χ2n) is 4.20. The number of nitrogens with zero attached hydrogens (tertiary/aromatic N) is 1. The van der Waals surface area contributed by atoms with Gasteiger partial charge in [0.2, 0.25) is 0 Å². The fourth-order valence-electron chi connectivity index (χ4n) is 1.75. The van der Waals surface area contributed by atoms with Gasteiger partial charge in [0.25, 0.3) is 0 Å². The summed E-state index contributed by atoms with van der Waals surface area (Å²) in [5, 5.41) is 2.14. The van der Waals surface area contributed by atoms with Crippen LogP contribution in [0.1, 0.15) is 10.4 Å². The Morgan fingerprint density at radius 2 is 2.00 bits per heavy atom. The molecule has 0 fully saturated rings. The van der Waals surface area contributed by atoms with E-state index in [1.54, 1.807) is 0 Å². The molecule has 1 nitrogen and oxygen atoms in total. The van der Waals surface area contributed by atoms with E-state index in [4.69, 9.17) is 0 Å². The van der Waals surface area contributed by atoms with Crippen molar-refractivity contribution >= 4 is 27.3 Å². The Morgan fingerprint density at radius 1 is 1.24 bits per heavy atom. The molecule has 0 aliphatic rings. The second-order valence-corrected chi connectivity index (χ2v) is 6.12. The van der Waals surface area contributed by atoms with Gasteiger partial charge in [0.05, 0.1) is 0 Å². The van der Waals surface area contributed by atoms with Gasteiger partial charge < -0.3 is 4.90 Å². The van der Waals surface area contributed by atoms with Crippen molar-refractivity contribution in [1.82, 2.24) is 4.90 Å². The van der Waals surface area contributed by atoms with Crippen LogP contribution in [-0.4, -0.2) is 18.5 Å². The lowest BCUT2D eigenvalue weighted by molar-refractivity contribution is 0.334. The van der Waals surface area contributed by atoms with Gasteiger partial charge in [-0.15, -0.1) is 11.3 Å². The molecule has 0 atom stereocenters. The minimum Gasteiger partial charge on any atom is -0.301 e. The molecule has 2 aromatic rings. The van der Waals surface area contributed by atoms with Crippen molar-refractivity contribution in [3.8, 4) is 0 Å². The Bertz CT molecular complexity index is 452. The maximum Gasteiger partial charge on any atom is 0.0325 e. The Balaban J connectivity index is 1.80. The van der Waals surface area contributed by atoms with Gasteiger partial charge >= 0.3 is 0 Å². The molecule has 90 valence electrons. The fourth-order valence-corrected chi connectivity index (χ4v) is 3.28. The smallest absolute Gasteiger partial charge is 0.0325 e. The highest BCUT2D eigenvalue weighted by molar-refractivity contribution is 9.10. The zero-order valence-corrected chi connectivity index (χ0v) is 12.3. The van der Waals surface area contributed by atoms with Crippen molar-refractivity contribution in [2.24, 2.45) is 0 Å². The first-order chi connectivity index (χ1) is 8.24. The lowest BCUT2D eigenvalue weighted by Crippen LogP contribution is -2.20. The van der Waals surface area contributed by atoms with Gasteiger partial charge in [-0.05, 0) is 41.0 Å². The van der Waals surface area contributed by atoms with Gasteiger partial charge in [0.15, 0.2) is 0 Å². The van der Waals surface area contributed by atoms with Crippen molar-refractivity contribution < 1.29 is 0 Å². The predicted octanol–water partition coefficient (Wildman–Crippen LogP) is 4.19.